The van der Waals surface area contributed by atoms with Crippen LogP contribution in [0.3, 0.4) is 0 Å². The van der Waals surface area contributed by atoms with Crippen molar-refractivity contribution in [2.45, 2.75) is 74.4 Å². The third-order valence-electron chi connectivity index (χ3n) is 4.40. The van der Waals surface area contributed by atoms with E-state index in [0.717, 1.165) is 23.5 Å². The Kier molecular flexibility index (Phi) is 6.91. The fraction of sp³-hybridized carbons (Fsp3) is 1.00. The van der Waals surface area contributed by atoms with E-state index in [1.807, 2.05) is 0 Å². The average Bonchev–Trinajstić information content (AvgIpc) is 3.01. The molecule has 2 rings (SSSR count). The topological polar surface area (TPSA) is 57.2 Å². The van der Waals surface area contributed by atoms with Crippen LogP contribution in [-0.2, 0) is 18.9 Å². The van der Waals surface area contributed by atoms with Gasteiger partial charge in [-0.15, -0.1) is 0 Å². The molecule has 2 aliphatic heterocycles. The molecule has 2 heterocycles. The summed E-state index contributed by atoms with van der Waals surface area (Å²) in [6.45, 7) is 6.53. The second-order valence-electron chi connectivity index (χ2n) is 7.33. The molecule has 0 aromatic heterocycles. The third kappa shape index (κ3) is 5.01. The summed E-state index contributed by atoms with van der Waals surface area (Å²) in [4.78, 5) is 0. The molecular formula is C16H27F3O5S2. The number of rotatable bonds is 6. The number of halogens is 3. The SMILES string of the molecule is CSC(SC)[C@@H]([C@H]1OC(C)(C)O[C@H]1[C@H](O)[C@H]1COC(C)(C)O1)C(F)(F)F. The maximum atomic E-state index is 13.9. The first-order valence-electron chi connectivity index (χ1n) is 8.29. The van der Waals surface area contributed by atoms with E-state index in [1.165, 1.54) is 0 Å². The summed E-state index contributed by atoms with van der Waals surface area (Å²) in [7, 11) is 0. The quantitative estimate of drug-likeness (QED) is 0.662. The summed E-state index contributed by atoms with van der Waals surface area (Å²) in [6.07, 6.45) is -5.87. The first kappa shape index (κ1) is 22.6. The minimum atomic E-state index is -4.50. The molecule has 0 bridgehead atoms. The van der Waals surface area contributed by atoms with Gasteiger partial charge in [-0.2, -0.15) is 36.7 Å². The van der Waals surface area contributed by atoms with E-state index >= 15 is 0 Å². The van der Waals surface area contributed by atoms with Crippen molar-refractivity contribution in [2.24, 2.45) is 5.92 Å². The average molecular weight is 421 g/mol. The molecule has 0 aliphatic carbocycles. The summed E-state index contributed by atoms with van der Waals surface area (Å²) in [5.41, 5.74) is 0. The smallest absolute Gasteiger partial charge is 0.387 e. The fourth-order valence-electron chi connectivity index (χ4n) is 3.34. The highest BCUT2D eigenvalue weighted by molar-refractivity contribution is 8.16. The summed E-state index contributed by atoms with van der Waals surface area (Å²) in [5, 5.41) is 10.7. The van der Waals surface area contributed by atoms with E-state index in [2.05, 4.69) is 0 Å². The van der Waals surface area contributed by atoms with Crippen LogP contribution in [0.1, 0.15) is 27.7 Å². The van der Waals surface area contributed by atoms with Crippen molar-refractivity contribution in [3.05, 3.63) is 0 Å². The van der Waals surface area contributed by atoms with Crippen molar-refractivity contribution in [1.82, 2.24) is 0 Å². The Labute approximate surface area is 160 Å². The molecule has 0 spiro atoms. The van der Waals surface area contributed by atoms with Crippen LogP contribution < -0.4 is 0 Å². The maximum absolute atomic E-state index is 13.9. The Balaban J connectivity index is 2.30. The second-order valence-corrected chi connectivity index (χ2v) is 9.59. The molecule has 5 nitrogen and oxygen atoms in total. The van der Waals surface area contributed by atoms with Gasteiger partial charge in [-0.05, 0) is 40.2 Å². The number of ether oxygens (including phenoxy) is 4. The summed E-state index contributed by atoms with van der Waals surface area (Å²) in [5.74, 6) is -3.94. The van der Waals surface area contributed by atoms with Gasteiger partial charge in [-0.3, -0.25) is 0 Å². The predicted molar refractivity (Wildman–Crippen MR) is 95.1 cm³/mol. The lowest BCUT2D eigenvalue weighted by atomic mass is 9.93. The van der Waals surface area contributed by atoms with Crippen LogP contribution in [0.15, 0.2) is 0 Å². The van der Waals surface area contributed by atoms with Gasteiger partial charge in [0.15, 0.2) is 11.6 Å². The van der Waals surface area contributed by atoms with Crippen molar-refractivity contribution < 1.29 is 37.2 Å². The van der Waals surface area contributed by atoms with Gasteiger partial charge in [0.2, 0.25) is 0 Å². The first-order chi connectivity index (χ1) is 11.8. The Morgan fingerprint density at radius 3 is 1.92 bits per heavy atom. The molecule has 0 unspecified atom stereocenters. The number of hydrogen-bond acceptors (Lipinski definition) is 7. The number of alkyl halides is 3. The van der Waals surface area contributed by atoms with Crippen LogP contribution in [0.5, 0.6) is 0 Å². The monoisotopic (exact) mass is 420 g/mol. The minimum Gasteiger partial charge on any atom is -0.387 e. The van der Waals surface area contributed by atoms with E-state index < -0.39 is 52.7 Å². The van der Waals surface area contributed by atoms with Crippen molar-refractivity contribution in [3.8, 4) is 0 Å². The number of thioether (sulfide) groups is 2. The lowest BCUT2D eigenvalue weighted by molar-refractivity contribution is -0.212. The van der Waals surface area contributed by atoms with Crippen molar-refractivity contribution in [2.75, 3.05) is 19.1 Å². The van der Waals surface area contributed by atoms with E-state index in [4.69, 9.17) is 18.9 Å². The van der Waals surface area contributed by atoms with E-state index in [1.54, 1.807) is 40.2 Å². The van der Waals surface area contributed by atoms with Crippen molar-refractivity contribution in [1.29, 1.82) is 0 Å². The zero-order chi connectivity index (χ0) is 19.9. The Morgan fingerprint density at radius 2 is 1.50 bits per heavy atom. The van der Waals surface area contributed by atoms with Gasteiger partial charge >= 0.3 is 6.18 Å². The van der Waals surface area contributed by atoms with Crippen LogP contribution in [-0.4, -0.2) is 71.0 Å². The van der Waals surface area contributed by atoms with E-state index in [9.17, 15) is 18.3 Å². The summed E-state index contributed by atoms with van der Waals surface area (Å²) < 4.78 is 63.3. The molecule has 1 N–H and O–H groups in total. The molecule has 2 fully saturated rings. The van der Waals surface area contributed by atoms with Gasteiger partial charge in [0.1, 0.15) is 30.3 Å². The molecule has 2 saturated heterocycles. The Hall–Kier alpha value is 0.290. The zero-order valence-corrected chi connectivity index (χ0v) is 17.3. The molecule has 2 aliphatic rings. The highest BCUT2D eigenvalue weighted by atomic mass is 32.2. The predicted octanol–water partition coefficient (Wildman–Crippen LogP) is 3.25. The highest BCUT2D eigenvalue weighted by Crippen LogP contribution is 2.47. The number of aliphatic hydroxyl groups is 1. The largest absolute Gasteiger partial charge is 0.396 e. The number of aliphatic hydroxyl groups excluding tert-OH is 1. The Morgan fingerprint density at radius 1 is 0.962 bits per heavy atom. The fourth-order valence-corrected chi connectivity index (χ4v) is 5.31. The number of hydrogen-bond donors (Lipinski definition) is 1. The van der Waals surface area contributed by atoms with Crippen LogP contribution >= 0.6 is 23.5 Å². The standard InChI is InChI=1S/C16H27F3O5S2/c1-14(2)21-7-8(22-14)10(20)12-11(23-15(3,4)24-12)9(16(17,18)19)13(25-5)26-6/h8-13,20H,7H2,1-6H3/t8-,9-,10-,11-,12+/m1/s1. The first-order valence-corrected chi connectivity index (χ1v) is 10.9. The van der Waals surface area contributed by atoms with Crippen molar-refractivity contribution in [3.63, 3.8) is 0 Å². The molecule has 154 valence electrons. The highest BCUT2D eigenvalue weighted by Gasteiger charge is 2.60. The maximum Gasteiger partial charge on any atom is 0.396 e. The zero-order valence-electron chi connectivity index (χ0n) is 15.7. The van der Waals surface area contributed by atoms with Crippen LogP contribution in [0.2, 0.25) is 0 Å². The second kappa shape index (κ2) is 7.96. The van der Waals surface area contributed by atoms with Gasteiger partial charge in [-0.25, -0.2) is 0 Å². The Bertz CT molecular complexity index is 485. The summed E-state index contributed by atoms with van der Waals surface area (Å²) in [6, 6.07) is 0. The molecule has 0 aromatic carbocycles. The third-order valence-corrected chi connectivity index (χ3v) is 7.07. The lowest BCUT2D eigenvalue weighted by Gasteiger charge is -2.35. The van der Waals surface area contributed by atoms with E-state index in [-0.39, 0.29) is 6.61 Å². The van der Waals surface area contributed by atoms with Crippen molar-refractivity contribution >= 4 is 23.5 Å². The van der Waals surface area contributed by atoms with Crippen LogP contribution in [0.4, 0.5) is 13.2 Å². The van der Waals surface area contributed by atoms with Gasteiger partial charge in [0.05, 0.1) is 11.2 Å². The molecular weight excluding hydrogens is 393 g/mol. The molecule has 10 heteroatoms. The van der Waals surface area contributed by atoms with E-state index in [0.29, 0.717) is 0 Å². The normalized spacial score (nSPS) is 33.6. The van der Waals surface area contributed by atoms with Gasteiger partial charge in [0.25, 0.3) is 0 Å². The van der Waals surface area contributed by atoms with Gasteiger partial charge < -0.3 is 24.1 Å². The molecule has 0 radical (unpaired) electrons. The lowest BCUT2D eigenvalue weighted by Crippen LogP contribution is -2.52. The molecule has 0 aromatic rings. The van der Waals surface area contributed by atoms with Crippen LogP contribution in [0, 0.1) is 5.92 Å². The van der Waals surface area contributed by atoms with Gasteiger partial charge in [-0.1, -0.05) is 0 Å². The minimum absolute atomic E-state index is 0.0757. The molecule has 0 amide bonds. The molecule has 5 atom stereocenters. The van der Waals surface area contributed by atoms with Gasteiger partial charge in [0, 0.05) is 0 Å². The molecule has 26 heavy (non-hydrogen) atoms. The molecule has 0 saturated carbocycles. The summed E-state index contributed by atoms with van der Waals surface area (Å²) >= 11 is 2.21. The van der Waals surface area contributed by atoms with Crippen LogP contribution in [0.25, 0.3) is 0 Å².